The molecule has 0 aliphatic heterocycles. The minimum Gasteiger partial charge on any atom is -0.299 e. The highest BCUT2D eigenvalue weighted by Gasteiger charge is 2.22. The van der Waals surface area contributed by atoms with Crippen LogP contribution in [-0.2, 0) is 4.79 Å². The van der Waals surface area contributed by atoms with Crippen LogP contribution in [0.1, 0.15) is 31.2 Å². The van der Waals surface area contributed by atoms with Crippen LogP contribution in [0.15, 0.2) is 36.4 Å². The van der Waals surface area contributed by atoms with Crippen LogP contribution in [0.4, 0.5) is 0 Å². The van der Waals surface area contributed by atoms with E-state index in [4.69, 9.17) is 0 Å². The Kier molecular flexibility index (Phi) is 3.33. The Morgan fingerprint density at radius 1 is 1.27 bits per heavy atom. The van der Waals surface area contributed by atoms with Crippen molar-refractivity contribution in [3.05, 3.63) is 42.0 Å². The van der Waals surface area contributed by atoms with Crippen molar-refractivity contribution < 1.29 is 4.79 Å². The zero-order valence-electron chi connectivity index (χ0n) is 8.86. The lowest BCUT2D eigenvalue weighted by molar-refractivity contribution is -0.120. The summed E-state index contributed by atoms with van der Waals surface area (Å²) in [6, 6.07) is 10.2. The normalized spacial score (nSPS) is 21.3. The van der Waals surface area contributed by atoms with Crippen molar-refractivity contribution >= 4 is 11.9 Å². The van der Waals surface area contributed by atoms with E-state index in [1.54, 1.807) is 0 Å². The van der Waals surface area contributed by atoms with Gasteiger partial charge in [-0.15, -0.1) is 0 Å². The molecule has 1 nitrogen and oxygen atoms in total. The van der Waals surface area contributed by atoms with Gasteiger partial charge in [-0.2, -0.15) is 0 Å². The Hall–Kier alpha value is -1.37. The molecule has 0 N–H and O–H groups in total. The maximum Gasteiger partial charge on any atom is 0.136 e. The topological polar surface area (TPSA) is 17.1 Å². The minimum absolute atomic E-state index is 0.296. The molecule has 1 aliphatic rings. The van der Waals surface area contributed by atoms with Crippen LogP contribution in [0.2, 0.25) is 0 Å². The van der Waals surface area contributed by atoms with Gasteiger partial charge in [0.1, 0.15) is 5.78 Å². The molecule has 0 saturated heterocycles. The van der Waals surface area contributed by atoms with Crippen molar-refractivity contribution in [2.75, 3.05) is 0 Å². The van der Waals surface area contributed by atoms with Crippen LogP contribution in [0.5, 0.6) is 0 Å². The summed E-state index contributed by atoms with van der Waals surface area (Å²) in [6.07, 6.45) is 8.10. The number of Topliss-reactive ketones (excluding diaryl/α,β-unsaturated/α-hetero) is 1. The summed E-state index contributed by atoms with van der Waals surface area (Å²) in [5.74, 6) is 0.748. The van der Waals surface area contributed by atoms with Crippen molar-refractivity contribution in [1.29, 1.82) is 0 Å². The van der Waals surface area contributed by atoms with Crippen molar-refractivity contribution in [3.63, 3.8) is 0 Å². The molecule has 0 radical (unpaired) electrons. The highest BCUT2D eigenvalue weighted by molar-refractivity contribution is 5.83. The van der Waals surface area contributed by atoms with E-state index in [1.807, 2.05) is 18.2 Å². The average molecular weight is 200 g/mol. The number of hydrogen-bond acceptors (Lipinski definition) is 1. The number of ketones is 1. The first kappa shape index (κ1) is 10.2. The van der Waals surface area contributed by atoms with E-state index in [9.17, 15) is 4.79 Å². The monoisotopic (exact) mass is 200 g/mol. The molecule has 1 aliphatic carbocycles. The Bertz CT molecular complexity index is 351. The summed E-state index contributed by atoms with van der Waals surface area (Å²) in [5.41, 5.74) is 1.21. The van der Waals surface area contributed by atoms with E-state index in [1.165, 1.54) is 5.56 Å². The molecule has 1 heteroatoms. The summed E-state index contributed by atoms with van der Waals surface area (Å²) in [6.45, 7) is 0. The predicted octanol–water partition coefficient (Wildman–Crippen LogP) is 3.46. The molecular formula is C14H16O. The maximum atomic E-state index is 11.4. The first-order valence-corrected chi connectivity index (χ1v) is 5.60. The van der Waals surface area contributed by atoms with Gasteiger partial charge in [0.2, 0.25) is 0 Å². The molecule has 0 heterocycles. The zero-order chi connectivity index (χ0) is 10.5. The summed E-state index contributed by atoms with van der Waals surface area (Å²) in [4.78, 5) is 11.4. The van der Waals surface area contributed by atoms with Gasteiger partial charge in [0.15, 0.2) is 0 Å². The van der Waals surface area contributed by atoms with Gasteiger partial charge in [0.05, 0.1) is 0 Å². The third-order valence-electron chi connectivity index (χ3n) is 2.96. The molecule has 78 valence electrons. The van der Waals surface area contributed by atoms with Crippen molar-refractivity contribution in [3.8, 4) is 0 Å². The van der Waals surface area contributed by atoms with Gasteiger partial charge in [-0.05, 0) is 24.8 Å². The maximum absolute atomic E-state index is 11.4. The van der Waals surface area contributed by atoms with E-state index in [0.29, 0.717) is 11.7 Å². The van der Waals surface area contributed by atoms with Gasteiger partial charge in [0.25, 0.3) is 0 Å². The minimum atomic E-state index is 0.296. The van der Waals surface area contributed by atoms with Crippen molar-refractivity contribution in [2.24, 2.45) is 5.92 Å². The van der Waals surface area contributed by atoms with Crippen LogP contribution >= 0.6 is 0 Å². The molecule has 1 aromatic rings. The number of rotatable bonds is 3. The highest BCUT2D eigenvalue weighted by Crippen LogP contribution is 2.24. The third-order valence-corrected chi connectivity index (χ3v) is 2.96. The fourth-order valence-electron chi connectivity index (χ4n) is 2.07. The molecule has 0 bridgehead atoms. The second kappa shape index (κ2) is 4.92. The molecule has 1 fully saturated rings. The van der Waals surface area contributed by atoms with Gasteiger partial charge < -0.3 is 0 Å². The van der Waals surface area contributed by atoms with Crippen molar-refractivity contribution in [1.82, 2.24) is 0 Å². The molecule has 1 aromatic carbocycles. The third kappa shape index (κ3) is 2.79. The molecule has 0 amide bonds. The molecule has 1 unspecified atom stereocenters. The van der Waals surface area contributed by atoms with Crippen LogP contribution in [-0.4, -0.2) is 5.78 Å². The number of benzene rings is 1. The standard InChI is InChI=1S/C14H16O/c15-14-11-5-10-13(14)9-4-8-12-6-2-1-3-7-12/h1-4,6-8,13H,5,9-11H2/b8-4+. The van der Waals surface area contributed by atoms with Crippen LogP contribution in [0.3, 0.4) is 0 Å². The number of hydrogen-bond donors (Lipinski definition) is 0. The second-order valence-corrected chi connectivity index (χ2v) is 4.10. The van der Waals surface area contributed by atoms with Gasteiger partial charge in [-0.1, -0.05) is 42.5 Å². The Morgan fingerprint density at radius 2 is 2.07 bits per heavy atom. The lowest BCUT2D eigenvalue weighted by Gasteiger charge is -2.01. The fourth-order valence-corrected chi connectivity index (χ4v) is 2.07. The van der Waals surface area contributed by atoms with Gasteiger partial charge in [0, 0.05) is 12.3 Å². The largest absolute Gasteiger partial charge is 0.299 e. The van der Waals surface area contributed by atoms with Gasteiger partial charge in [-0.25, -0.2) is 0 Å². The Morgan fingerprint density at radius 3 is 2.73 bits per heavy atom. The number of allylic oxidation sites excluding steroid dienone is 1. The molecule has 2 rings (SSSR count). The molecule has 15 heavy (non-hydrogen) atoms. The first-order valence-electron chi connectivity index (χ1n) is 5.60. The Labute approximate surface area is 90.8 Å². The summed E-state index contributed by atoms with van der Waals surface area (Å²) in [5, 5.41) is 0. The smallest absolute Gasteiger partial charge is 0.136 e. The molecule has 1 atom stereocenters. The summed E-state index contributed by atoms with van der Waals surface area (Å²) < 4.78 is 0. The van der Waals surface area contributed by atoms with E-state index in [-0.39, 0.29) is 0 Å². The number of carbonyl (C=O) groups excluding carboxylic acids is 1. The van der Waals surface area contributed by atoms with Gasteiger partial charge >= 0.3 is 0 Å². The van der Waals surface area contributed by atoms with E-state index >= 15 is 0 Å². The fraction of sp³-hybridized carbons (Fsp3) is 0.357. The lowest BCUT2D eigenvalue weighted by Crippen LogP contribution is -2.03. The molecule has 0 aromatic heterocycles. The number of carbonyl (C=O) groups is 1. The Balaban J connectivity index is 1.88. The molecular weight excluding hydrogens is 184 g/mol. The predicted molar refractivity (Wildman–Crippen MR) is 62.4 cm³/mol. The van der Waals surface area contributed by atoms with Gasteiger partial charge in [-0.3, -0.25) is 4.79 Å². The van der Waals surface area contributed by atoms with Crippen LogP contribution in [0, 0.1) is 5.92 Å². The molecule has 1 saturated carbocycles. The van der Waals surface area contributed by atoms with Crippen LogP contribution < -0.4 is 0 Å². The second-order valence-electron chi connectivity index (χ2n) is 4.10. The summed E-state index contributed by atoms with van der Waals surface area (Å²) in [7, 11) is 0. The lowest BCUT2D eigenvalue weighted by atomic mass is 10.0. The SMILES string of the molecule is O=C1CCCC1C/C=C/c1ccccc1. The van der Waals surface area contributed by atoms with E-state index in [2.05, 4.69) is 24.3 Å². The van der Waals surface area contributed by atoms with Crippen molar-refractivity contribution in [2.45, 2.75) is 25.7 Å². The average Bonchev–Trinajstić information content (AvgIpc) is 2.66. The van der Waals surface area contributed by atoms with Crippen LogP contribution in [0.25, 0.3) is 6.08 Å². The molecule has 0 spiro atoms. The van der Waals surface area contributed by atoms with E-state index < -0.39 is 0 Å². The first-order chi connectivity index (χ1) is 7.36. The summed E-state index contributed by atoms with van der Waals surface area (Å²) >= 11 is 0. The highest BCUT2D eigenvalue weighted by atomic mass is 16.1. The quantitative estimate of drug-likeness (QED) is 0.730. The van der Waals surface area contributed by atoms with E-state index in [0.717, 1.165) is 25.7 Å². The zero-order valence-corrected chi connectivity index (χ0v) is 8.86.